The van der Waals surface area contributed by atoms with Gasteiger partial charge in [0.25, 0.3) is 0 Å². The molecule has 1 atom stereocenters. The van der Waals surface area contributed by atoms with Crippen LogP contribution in [-0.2, 0) is 6.18 Å². The van der Waals surface area contributed by atoms with Crippen LogP contribution >= 0.6 is 15.9 Å². The number of nitrogens with two attached hydrogens (primary N) is 2. The van der Waals surface area contributed by atoms with Crippen molar-refractivity contribution >= 4 is 21.7 Å². The van der Waals surface area contributed by atoms with E-state index in [1.807, 2.05) is 0 Å². The minimum atomic E-state index is -4.50. The number of nitrogen functional groups attached to an aromatic ring is 1. The van der Waals surface area contributed by atoms with Gasteiger partial charge in [0, 0.05) is 16.2 Å². The summed E-state index contributed by atoms with van der Waals surface area (Å²) in [5.74, 6) is 0.138. The number of alkyl halides is 3. The predicted molar refractivity (Wildman–Crippen MR) is 78.6 cm³/mol. The van der Waals surface area contributed by atoms with E-state index < -0.39 is 17.8 Å². The summed E-state index contributed by atoms with van der Waals surface area (Å²) >= 11 is 3.05. The van der Waals surface area contributed by atoms with Gasteiger partial charge in [-0.3, -0.25) is 0 Å². The van der Waals surface area contributed by atoms with Crippen LogP contribution in [0.3, 0.4) is 0 Å². The maximum atomic E-state index is 13.2. The number of nitrogens with zero attached hydrogens (tertiary/aromatic N) is 1. The van der Waals surface area contributed by atoms with Gasteiger partial charge < -0.3 is 11.5 Å². The third-order valence-electron chi connectivity index (χ3n) is 3.21. The van der Waals surface area contributed by atoms with Crippen molar-refractivity contribution in [1.29, 1.82) is 0 Å². The summed E-state index contributed by atoms with van der Waals surface area (Å²) in [5, 5.41) is 0. The summed E-state index contributed by atoms with van der Waals surface area (Å²) in [7, 11) is 0. The standard InChI is InChI=1S/C14H13BrF3N3/c1-7-4-5-21-13(20)11(7)12(19)9-3-2-8(15)6-10(9)14(16,17)18/h2-6,12H,19H2,1H3,(H2,20,21). The lowest BCUT2D eigenvalue weighted by atomic mass is 9.92. The zero-order valence-corrected chi connectivity index (χ0v) is 12.7. The number of rotatable bonds is 2. The summed E-state index contributed by atoms with van der Waals surface area (Å²) in [5.41, 5.74) is 12.1. The lowest BCUT2D eigenvalue weighted by Crippen LogP contribution is -2.21. The van der Waals surface area contributed by atoms with Crippen molar-refractivity contribution in [1.82, 2.24) is 4.98 Å². The van der Waals surface area contributed by atoms with Crippen LogP contribution in [0.15, 0.2) is 34.9 Å². The van der Waals surface area contributed by atoms with Crippen LogP contribution in [0, 0.1) is 6.92 Å². The number of aryl methyl sites for hydroxylation is 1. The maximum absolute atomic E-state index is 13.2. The Bertz CT molecular complexity index is 651. The maximum Gasteiger partial charge on any atom is 0.416 e. The van der Waals surface area contributed by atoms with E-state index >= 15 is 0 Å². The Kier molecular flexibility index (Phi) is 4.25. The zero-order chi connectivity index (χ0) is 15.8. The van der Waals surface area contributed by atoms with Crippen molar-refractivity contribution in [3.05, 3.63) is 57.2 Å². The molecule has 0 saturated heterocycles. The van der Waals surface area contributed by atoms with Gasteiger partial charge >= 0.3 is 6.18 Å². The Hall–Kier alpha value is -1.60. The summed E-state index contributed by atoms with van der Waals surface area (Å²) in [6.45, 7) is 1.74. The Morgan fingerprint density at radius 2 is 1.90 bits per heavy atom. The van der Waals surface area contributed by atoms with Crippen molar-refractivity contribution in [2.75, 3.05) is 5.73 Å². The molecule has 2 aromatic rings. The molecule has 0 saturated carbocycles. The first kappa shape index (κ1) is 15.8. The fraction of sp³-hybridized carbons (Fsp3) is 0.214. The molecule has 1 aromatic carbocycles. The number of pyridine rings is 1. The molecule has 0 fully saturated rings. The fourth-order valence-electron chi connectivity index (χ4n) is 2.20. The fourth-order valence-corrected chi connectivity index (χ4v) is 2.56. The molecule has 0 radical (unpaired) electrons. The van der Waals surface area contributed by atoms with Gasteiger partial charge in [-0.05, 0) is 36.2 Å². The molecule has 112 valence electrons. The molecule has 7 heteroatoms. The second kappa shape index (κ2) is 5.65. The van der Waals surface area contributed by atoms with E-state index in [0.717, 1.165) is 6.07 Å². The molecule has 0 amide bonds. The van der Waals surface area contributed by atoms with Crippen LogP contribution in [0.5, 0.6) is 0 Å². The minimum absolute atomic E-state index is 0.0338. The molecule has 2 rings (SSSR count). The smallest absolute Gasteiger partial charge is 0.383 e. The van der Waals surface area contributed by atoms with E-state index in [1.54, 1.807) is 13.0 Å². The molecule has 1 unspecified atom stereocenters. The van der Waals surface area contributed by atoms with E-state index in [-0.39, 0.29) is 11.4 Å². The molecule has 3 nitrogen and oxygen atoms in total. The van der Waals surface area contributed by atoms with Gasteiger partial charge in [-0.15, -0.1) is 0 Å². The van der Waals surface area contributed by atoms with Crippen LogP contribution in [0.1, 0.15) is 28.3 Å². The molecule has 0 spiro atoms. The lowest BCUT2D eigenvalue weighted by Gasteiger charge is -2.21. The summed E-state index contributed by atoms with van der Waals surface area (Å²) in [4.78, 5) is 3.90. The molecular formula is C14H13BrF3N3. The SMILES string of the molecule is Cc1ccnc(N)c1C(N)c1ccc(Br)cc1C(F)(F)F. The second-order valence-corrected chi connectivity index (χ2v) is 5.55. The molecule has 4 N–H and O–H groups in total. The van der Waals surface area contributed by atoms with Crippen LogP contribution < -0.4 is 11.5 Å². The van der Waals surface area contributed by atoms with Crippen molar-refractivity contribution in [2.45, 2.75) is 19.1 Å². The predicted octanol–water partition coefficient (Wildman–Crippen LogP) is 3.80. The first-order valence-corrected chi connectivity index (χ1v) is 6.84. The molecule has 0 aliphatic heterocycles. The van der Waals surface area contributed by atoms with Gasteiger partial charge in [-0.25, -0.2) is 4.98 Å². The van der Waals surface area contributed by atoms with Crippen LogP contribution in [-0.4, -0.2) is 4.98 Å². The van der Waals surface area contributed by atoms with Crippen LogP contribution in [0.4, 0.5) is 19.0 Å². The van der Waals surface area contributed by atoms with E-state index in [0.29, 0.717) is 15.6 Å². The third-order valence-corrected chi connectivity index (χ3v) is 3.70. The van der Waals surface area contributed by atoms with Gasteiger partial charge in [-0.1, -0.05) is 22.0 Å². The summed E-state index contributed by atoms with van der Waals surface area (Å²) in [6, 6.07) is 4.55. The quantitative estimate of drug-likeness (QED) is 0.856. The van der Waals surface area contributed by atoms with Gasteiger partial charge in [-0.2, -0.15) is 13.2 Å². The van der Waals surface area contributed by atoms with Crippen LogP contribution in [0.25, 0.3) is 0 Å². The van der Waals surface area contributed by atoms with Gasteiger partial charge in [0.05, 0.1) is 11.6 Å². The third kappa shape index (κ3) is 3.19. The number of anilines is 1. The molecule has 0 bridgehead atoms. The summed E-state index contributed by atoms with van der Waals surface area (Å²) < 4.78 is 39.9. The number of hydrogen-bond acceptors (Lipinski definition) is 3. The molecule has 1 aromatic heterocycles. The molecule has 21 heavy (non-hydrogen) atoms. The lowest BCUT2D eigenvalue weighted by molar-refractivity contribution is -0.138. The number of hydrogen-bond donors (Lipinski definition) is 2. The summed E-state index contributed by atoms with van der Waals surface area (Å²) in [6.07, 6.45) is -3.01. The van der Waals surface area contributed by atoms with Gasteiger partial charge in [0.15, 0.2) is 0 Å². The average Bonchev–Trinajstić information content (AvgIpc) is 2.37. The highest BCUT2D eigenvalue weighted by Crippen LogP contribution is 2.38. The molecule has 0 aliphatic rings. The molecular weight excluding hydrogens is 347 g/mol. The monoisotopic (exact) mass is 359 g/mol. The van der Waals surface area contributed by atoms with E-state index in [4.69, 9.17) is 11.5 Å². The second-order valence-electron chi connectivity index (χ2n) is 4.63. The van der Waals surface area contributed by atoms with Crippen molar-refractivity contribution in [3.8, 4) is 0 Å². The minimum Gasteiger partial charge on any atom is -0.383 e. The molecule has 1 heterocycles. The largest absolute Gasteiger partial charge is 0.416 e. The van der Waals surface area contributed by atoms with Crippen molar-refractivity contribution < 1.29 is 13.2 Å². The first-order chi connectivity index (χ1) is 9.71. The topological polar surface area (TPSA) is 64.9 Å². The van der Waals surface area contributed by atoms with E-state index in [2.05, 4.69) is 20.9 Å². The average molecular weight is 360 g/mol. The Labute approximate surface area is 128 Å². The zero-order valence-electron chi connectivity index (χ0n) is 11.1. The van der Waals surface area contributed by atoms with E-state index in [1.165, 1.54) is 18.3 Å². The van der Waals surface area contributed by atoms with Gasteiger partial charge in [0.2, 0.25) is 0 Å². The Morgan fingerprint density at radius 1 is 1.24 bits per heavy atom. The first-order valence-electron chi connectivity index (χ1n) is 6.05. The Balaban J connectivity index is 2.62. The van der Waals surface area contributed by atoms with Crippen LogP contribution in [0.2, 0.25) is 0 Å². The molecule has 0 aliphatic carbocycles. The van der Waals surface area contributed by atoms with Crippen molar-refractivity contribution in [2.24, 2.45) is 5.73 Å². The highest BCUT2D eigenvalue weighted by Gasteiger charge is 2.35. The number of aromatic nitrogens is 1. The number of benzene rings is 1. The number of halogens is 4. The highest BCUT2D eigenvalue weighted by atomic mass is 79.9. The van der Waals surface area contributed by atoms with Gasteiger partial charge in [0.1, 0.15) is 5.82 Å². The Morgan fingerprint density at radius 3 is 2.48 bits per heavy atom. The normalized spacial score (nSPS) is 13.2. The van der Waals surface area contributed by atoms with Crippen molar-refractivity contribution in [3.63, 3.8) is 0 Å². The highest BCUT2D eigenvalue weighted by molar-refractivity contribution is 9.10. The van der Waals surface area contributed by atoms with E-state index in [9.17, 15) is 13.2 Å².